The molecule has 176 valence electrons. The highest BCUT2D eigenvalue weighted by Gasteiger charge is 2.36. The first-order valence-corrected chi connectivity index (χ1v) is 12.2. The van der Waals surface area contributed by atoms with E-state index in [1.165, 1.54) is 35.1 Å². The maximum absolute atomic E-state index is 12.2. The van der Waals surface area contributed by atoms with Gasteiger partial charge in [-0.15, -0.1) is 11.8 Å². The van der Waals surface area contributed by atoms with E-state index in [2.05, 4.69) is 62.2 Å². The molecule has 1 heterocycles. The molecule has 3 rings (SSSR count). The summed E-state index contributed by atoms with van der Waals surface area (Å²) in [7, 11) is 0. The molecule has 33 heavy (non-hydrogen) atoms. The molecule has 1 amide bonds. The van der Waals surface area contributed by atoms with Gasteiger partial charge in [0.15, 0.2) is 0 Å². The van der Waals surface area contributed by atoms with Gasteiger partial charge < -0.3 is 4.90 Å². The van der Waals surface area contributed by atoms with Gasteiger partial charge in [0.25, 0.3) is 5.69 Å². The summed E-state index contributed by atoms with van der Waals surface area (Å²) in [5.41, 5.74) is 7.50. The average Bonchev–Trinajstić information content (AvgIpc) is 2.76. The van der Waals surface area contributed by atoms with E-state index in [-0.39, 0.29) is 22.9 Å². The number of nitrogens with one attached hydrogen (secondary N) is 1. The quantitative estimate of drug-likeness (QED) is 0.234. The second-order valence-corrected chi connectivity index (χ2v) is 10.2. The van der Waals surface area contributed by atoms with Crippen molar-refractivity contribution in [1.29, 1.82) is 0 Å². The molecule has 0 radical (unpaired) electrons. The van der Waals surface area contributed by atoms with Crippen LogP contribution < -0.4 is 10.3 Å². The number of hydrazone groups is 1. The molecule has 0 bridgehead atoms. The van der Waals surface area contributed by atoms with E-state index in [1.54, 1.807) is 18.3 Å². The van der Waals surface area contributed by atoms with Crippen LogP contribution in [0.25, 0.3) is 0 Å². The summed E-state index contributed by atoms with van der Waals surface area (Å²) in [4.78, 5) is 25.8. The molecule has 0 fully saturated rings. The van der Waals surface area contributed by atoms with Crippen molar-refractivity contribution in [2.75, 3.05) is 17.2 Å². The molecule has 7 nitrogen and oxygen atoms in total. The van der Waals surface area contributed by atoms with E-state index in [4.69, 9.17) is 0 Å². The van der Waals surface area contributed by atoms with Crippen LogP contribution in [0.3, 0.4) is 0 Å². The lowest BCUT2D eigenvalue weighted by Gasteiger charge is -2.48. The Hall–Kier alpha value is -2.87. The topological polar surface area (TPSA) is 87.8 Å². The smallest absolute Gasteiger partial charge is 0.269 e. The van der Waals surface area contributed by atoms with Crippen molar-refractivity contribution in [1.82, 2.24) is 5.43 Å². The lowest BCUT2D eigenvalue weighted by molar-refractivity contribution is -0.384. The van der Waals surface area contributed by atoms with Gasteiger partial charge in [-0.3, -0.25) is 14.9 Å². The summed E-state index contributed by atoms with van der Waals surface area (Å²) in [5, 5.41) is 14.9. The van der Waals surface area contributed by atoms with Crippen LogP contribution in [0.4, 0.5) is 11.4 Å². The van der Waals surface area contributed by atoms with Gasteiger partial charge >= 0.3 is 0 Å². The van der Waals surface area contributed by atoms with Gasteiger partial charge in [-0.05, 0) is 80.5 Å². The highest BCUT2D eigenvalue weighted by Crippen LogP contribution is 2.44. The van der Waals surface area contributed by atoms with Crippen LogP contribution >= 0.6 is 11.8 Å². The van der Waals surface area contributed by atoms with Gasteiger partial charge in [0.1, 0.15) is 0 Å². The summed E-state index contributed by atoms with van der Waals surface area (Å²) < 4.78 is 0. The van der Waals surface area contributed by atoms with Crippen molar-refractivity contribution in [2.24, 2.45) is 5.10 Å². The zero-order valence-electron chi connectivity index (χ0n) is 19.9. The molecule has 8 heteroatoms. The van der Waals surface area contributed by atoms with E-state index < -0.39 is 4.92 Å². The molecule has 2 aromatic rings. The molecule has 1 unspecified atom stereocenters. The number of hydrogen-bond donors (Lipinski definition) is 1. The van der Waals surface area contributed by atoms with Crippen LogP contribution in [0.2, 0.25) is 0 Å². The molecule has 2 aromatic carbocycles. The number of aryl methyl sites for hydroxylation is 1. The number of carbonyl (C=O) groups is 1. The fourth-order valence-electron chi connectivity index (χ4n) is 4.46. The Bertz CT molecular complexity index is 1050. The molecular formula is C25H32N4O3S. The van der Waals surface area contributed by atoms with Crippen molar-refractivity contribution < 1.29 is 9.72 Å². The monoisotopic (exact) mass is 468 g/mol. The van der Waals surface area contributed by atoms with Crippen LogP contribution in [-0.2, 0) is 4.79 Å². The molecule has 0 saturated heterocycles. The highest BCUT2D eigenvalue weighted by molar-refractivity contribution is 8.00. The van der Waals surface area contributed by atoms with Crippen molar-refractivity contribution >= 4 is 35.3 Å². The number of nitro benzene ring substituents is 1. The normalized spacial score (nSPS) is 17.1. The summed E-state index contributed by atoms with van der Waals surface area (Å²) in [6, 6.07) is 10.6. The van der Waals surface area contributed by atoms with Crippen molar-refractivity contribution in [3.8, 4) is 0 Å². The highest BCUT2D eigenvalue weighted by atomic mass is 32.2. The maximum atomic E-state index is 12.2. The standard InChI is InChI=1S/C25H32N4O3S/c1-6-11-28-23-12-17(2)19(13-22(23)18(3)14-25(28,4)5)15-26-27-24(30)16-33-21-9-7-20(8-10-21)29(31)32/h7-10,12-13,15,18H,6,11,14,16H2,1-5H3,(H,27,30)/b26-15-. The minimum Gasteiger partial charge on any atom is -0.366 e. The fourth-order valence-corrected chi connectivity index (χ4v) is 5.15. The Kier molecular flexibility index (Phi) is 7.79. The third-order valence-corrected chi connectivity index (χ3v) is 7.04. The third kappa shape index (κ3) is 5.93. The molecule has 1 atom stereocenters. The van der Waals surface area contributed by atoms with E-state index in [0.29, 0.717) is 5.92 Å². The Morgan fingerprint density at radius 2 is 2.03 bits per heavy atom. The first kappa shape index (κ1) is 24.8. The summed E-state index contributed by atoms with van der Waals surface area (Å²) in [5.74, 6) is 0.397. The SMILES string of the molecule is CCCN1c2cc(C)c(/C=N\NC(=O)CSc3ccc([N+](=O)[O-])cc3)cc2C(C)CC1(C)C. The van der Waals surface area contributed by atoms with Gasteiger partial charge in [0, 0.05) is 34.8 Å². The number of hydrogen-bond acceptors (Lipinski definition) is 6. The maximum Gasteiger partial charge on any atom is 0.269 e. The van der Waals surface area contributed by atoms with Crippen LogP contribution in [0.15, 0.2) is 46.4 Å². The van der Waals surface area contributed by atoms with Crippen molar-refractivity contribution in [3.63, 3.8) is 0 Å². The van der Waals surface area contributed by atoms with E-state index >= 15 is 0 Å². The van der Waals surface area contributed by atoms with Gasteiger partial charge in [-0.1, -0.05) is 13.8 Å². The molecule has 0 saturated carbocycles. The number of nitro groups is 1. The van der Waals surface area contributed by atoms with Crippen molar-refractivity contribution in [3.05, 3.63) is 63.2 Å². The van der Waals surface area contributed by atoms with Gasteiger partial charge in [0.05, 0.1) is 16.9 Å². The van der Waals surface area contributed by atoms with Crippen LogP contribution in [-0.4, -0.2) is 34.9 Å². The number of non-ortho nitro benzene ring substituents is 1. The number of carbonyl (C=O) groups excluding carboxylic acids is 1. The molecule has 0 aliphatic carbocycles. The number of nitrogens with zero attached hydrogens (tertiary/aromatic N) is 3. The van der Waals surface area contributed by atoms with Gasteiger partial charge in [-0.2, -0.15) is 5.10 Å². The molecule has 0 spiro atoms. The second kappa shape index (κ2) is 10.4. The summed E-state index contributed by atoms with van der Waals surface area (Å²) >= 11 is 1.31. The Labute approximate surface area is 199 Å². The molecular weight excluding hydrogens is 436 g/mol. The lowest BCUT2D eigenvalue weighted by Crippen LogP contribution is -2.48. The van der Waals surface area contributed by atoms with Crippen LogP contribution in [0.1, 0.15) is 63.1 Å². The van der Waals surface area contributed by atoms with E-state index in [0.717, 1.165) is 35.4 Å². The molecule has 1 N–H and O–H groups in total. The predicted octanol–water partition coefficient (Wildman–Crippen LogP) is 5.65. The molecule has 1 aliphatic heterocycles. The summed E-state index contributed by atoms with van der Waals surface area (Å²) in [6.45, 7) is 12.2. The molecule has 1 aliphatic rings. The first-order valence-electron chi connectivity index (χ1n) is 11.2. The van der Waals surface area contributed by atoms with Gasteiger partial charge in [0.2, 0.25) is 5.91 Å². The zero-order chi connectivity index (χ0) is 24.2. The van der Waals surface area contributed by atoms with Crippen LogP contribution in [0, 0.1) is 17.0 Å². The fraction of sp³-hybridized carbons (Fsp3) is 0.440. The van der Waals surface area contributed by atoms with Crippen LogP contribution in [0.5, 0.6) is 0 Å². The minimum atomic E-state index is -0.443. The first-order chi connectivity index (χ1) is 15.6. The second-order valence-electron chi connectivity index (χ2n) is 9.17. The Balaban J connectivity index is 1.65. The number of amides is 1. The zero-order valence-corrected chi connectivity index (χ0v) is 20.7. The third-order valence-electron chi connectivity index (χ3n) is 6.03. The minimum absolute atomic E-state index is 0.0320. The number of rotatable bonds is 8. The van der Waals surface area contributed by atoms with E-state index in [1.807, 2.05) is 0 Å². The summed E-state index contributed by atoms with van der Waals surface area (Å²) in [6.07, 6.45) is 3.90. The van der Waals surface area contributed by atoms with Gasteiger partial charge in [-0.25, -0.2) is 5.43 Å². The van der Waals surface area contributed by atoms with Crippen molar-refractivity contribution in [2.45, 2.75) is 63.8 Å². The average molecular weight is 469 g/mol. The number of thioether (sulfide) groups is 1. The largest absolute Gasteiger partial charge is 0.366 e. The van der Waals surface area contributed by atoms with E-state index in [9.17, 15) is 14.9 Å². The number of anilines is 1. The lowest BCUT2D eigenvalue weighted by atomic mass is 9.79. The number of benzene rings is 2. The molecule has 0 aromatic heterocycles. The Morgan fingerprint density at radius 3 is 2.67 bits per heavy atom. The Morgan fingerprint density at radius 1 is 1.33 bits per heavy atom. The number of fused-ring (bicyclic) bond motifs is 1. The predicted molar refractivity (Wildman–Crippen MR) is 135 cm³/mol.